The first-order chi connectivity index (χ1) is 8.88. The van der Waals surface area contributed by atoms with E-state index in [4.69, 9.17) is 0 Å². The Morgan fingerprint density at radius 2 is 1.68 bits per heavy atom. The Balaban J connectivity index is 2.95. The maximum absolute atomic E-state index is 12.2. The number of rotatable bonds is 1. The van der Waals surface area contributed by atoms with Crippen molar-refractivity contribution in [2.24, 2.45) is 4.99 Å². The van der Waals surface area contributed by atoms with Crippen molar-refractivity contribution in [3.63, 3.8) is 0 Å². The smallest absolute Gasteiger partial charge is 0.328 e. The SMILES string of the molecule is CN=C(NC(=O)N(C)c1c(C)cccc1C)N(C)C. The highest BCUT2D eigenvalue weighted by atomic mass is 16.2. The molecule has 5 nitrogen and oxygen atoms in total. The average molecular weight is 262 g/mol. The van der Waals surface area contributed by atoms with Crippen LogP contribution in [0.4, 0.5) is 10.5 Å². The number of hydrogen-bond donors (Lipinski definition) is 1. The molecule has 0 aliphatic rings. The van der Waals surface area contributed by atoms with E-state index in [9.17, 15) is 4.79 Å². The minimum atomic E-state index is -0.202. The van der Waals surface area contributed by atoms with Crippen LogP contribution >= 0.6 is 0 Å². The number of anilines is 1. The Labute approximate surface area is 114 Å². The van der Waals surface area contributed by atoms with Crippen LogP contribution in [-0.2, 0) is 0 Å². The number of urea groups is 1. The molecule has 0 heterocycles. The Kier molecular flexibility index (Phi) is 4.92. The Bertz CT molecular complexity index is 474. The van der Waals surface area contributed by atoms with Gasteiger partial charge in [0.1, 0.15) is 0 Å². The molecule has 0 bridgehead atoms. The summed E-state index contributed by atoms with van der Waals surface area (Å²) in [4.78, 5) is 19.6. The Hall–Kier alpha value is -2.04. The Morgan fingerprint density at radius 3 is 2.11 bits per heavy atom. The van der Waals surface area contributed by atoms with Crippen molar-refractivity contribution in [3.8, 4) is 0 Å². The number of benzene rings is 1. The van der Waals surface area contributed by atoms with Gasteiger partial charge in [0.05, 0.1) is 5.69 Å². The molecule has 1 rings (SSSR count). The largest absolute Gasteiger partial charge is 0.349 e. The number of amides is 2. The third-order valence-corrected chi connectivity index (χ3v) is 2.93. The molecule has 0 atom stereocenters. The van der Waals surface area contributed by atoms with Gasteiger partial charge in [0.15, 0.2) is 0 Å². The molecule has 0 fully saturated rings. The molecule has 19 heavy (non-hydrogen) atoms. The number of aliphatic imine (C=N–C) groups is 1. The number of carbonyl (C=O) groups is 1. The first kappa shape index (κ1) is 15.0. The zero-order valence-corrected chi connectivity index (χ0v) is 12.5. The van der Waals surface area contributed by atoms with Gasteiger partial charge in [-0.1, -0.05) is 18.2 Å². The molecule has 0 saturated carbocycles. The fraction of sp³-hybridized carbons (Fsp3) is 0.429. The predicted octanol–water partition coefficient (Wildman–Crippen LogP) is 2.00. The molecule has 0 unspecified atom stereocenters. The highest BCUT2D eigenvalue weighted by Crippen LogP contribution is 2.23. The lowest BCUT2D eigenvalue weighted by Gasteiger charge is -2.24. The molecule has 2 amide bonds. The normalized spacial score (nSPS) is 11.2. The van der Waals surface area contributed by atoms with Crippen molar-refractivity contribution in [2.45, 2.75) is 13.8 Å². The molecule has 1 N–H and O–H groups in total. The number of guanidine groups is 1. The van der Waals surface area contributed by atoms with Crippen molar-refractivity contribution in [3.05, 3.63) is 29.3 Å². The summed E-state index contributed by atoms with van der Waals surface area (Å²) in [5.74, 6) is 0.531. The molecule has 104 valence electrons. The molecule has 0 radical (unpaired) electrons. The van der Waals surface area contributed by atoms with Crippen LogP contribution in [0, 0.1) is 13.8 Å². The maximum atomic E-state index is 12.2. The molecular formula is C14H22N4O. The fourth-order valence-electron chi connectivity index (χ4n) is 1.98. The number of para-hydroxylation sites is 1. The summed E-state index contributed by atoms with van der Waals surface area (Å²) in [6, 6.07) is 5.77. The quantitative estimate of drug-likeness (QED) is 0.621. The average Bonchev–Trinajstić information content (AvgIpc) is 2.34. The molecule has 1 aromatic carbocycles. The van der Waals surface area contributed by atoms with Crippen LogP contribution in [0.25, 0.3) is 0 Å². The van der Waals surface area contributed by atoms with Gasteiger partial charge in [-0.05, 0) is 25.0 Å². The first-order valence-corrected chi connectivity index (χ1v) is 6.13. The minimum absolute atomic E-state index is 0.202. The highest BCUT2D eigenvalue weighted by Gasteiger charge is 2.16. The zero-order valence-electron chi connectivity index (χ0n) is 12.5. The van der Waals surface area contributed by atoms with Crippen molar-refractivity contribution in [1.29, 1.82) is 0 Å². The van der Waals surface area contributed by atoms with Gasteiger partial charge >= 0.3 is 6.03 Å². The van der Waals surface area contributed by atoms with Crippen LogP contribution in [0.15, 0.2) is 23.2 Å². The van der Waals surface area contributed by atoms with E-state index in [0.717, 1.165) is 16.8 Å². The van der Waals surface area contributed by atoms with E-state index in [-0.39, 0.29) is 6.03 Å². The van der Waals surface area contributed by atoms with E-state index in [1.165, 1.54) is 0 Å². The first-order valence-electron chi connectivity index (χ1n) is 6.13. The van der Waals surface area contributed by atoms with Gasteiger partial charge in [0.2, 0.25) is 5.96 Å². The van der Waals surface area contributed by atoms with Crippen LogP contribution in [-0.4, -0.2) is 45.1 Å². The lowest BCUT2D eigenvalue weighted by molar-refractivity contribution is 0.250. The van der Waals surface area contributed by atoms with E-state index >= 15 is 0 Å². The van der Waals surface area contributed by atoms with Gasteiger partial charge in [0, 0.05) is 28.2 Å². The summed E-state index contributed by atoms with van der Waals surface area (Å²) in [6.45, 7) is 3.99. The van der Waals surface area contributed by atoms with Crippen LogP contribution < -0.4 is 10.2 Å². The monoisotopic (exact) mass is 262 g/mol. The standard InChI is InChI=1S/C14H22N4O/c1-10-8-7-9-11(2)12(10)18(6)14(19)16-13(15-3)17(4)5/h7-9H,1-6H3,(H,15,16,19). The van der Waals surface area contributed by atoms with E-state index in [2.05, 4.69) is 10.3 Å². The van der Waals surface area contributed by atoms with Crippen molar-refractivity contribution in [1.82, 2.24) is 10.2 Å². The molecular weight excluding hydrogens is 240 g/mol. The number of nitrogens with one attached hydrogen (secondary N) is 1. The van der Waals surface area contributed by atoms with Gasteiger partial charge in [-0.15, -0.1) is 0 Å². The number of aryl methyl sites for hydroxylation is 2. The van der Waals surface area contributed by atoms with E-state index in [1.54, 1.807) is 23.9 Å². The van der Waals surface area contributed by atoms with Crippen molar-refractivity contribution in [2.75, 3.05) is 33.1 Å². The molecule has 0 saturated heterocycles. The van der Waals surface area contributed by atoms with Crippen LogP contribution in [0.2, 0.25) is 0 Å². The van der Waals surface area contributed by atoms with Gasteiger partial charge in [-0.2, -0.15) is 0 Å². The molecule has 1 aromatic rings. The second kappa shape index (κ2) is 6.22. The van der Waals surface area contributed by atoms with E-state index in [1.807, 2.05) is 46.1 Å². The highest BCUT2D eigenvalue weighted by molar-refractivity contribution is 6.04. The van der Waals surface area contributed by atoms with E-state index < -0.39 is 0 Å². The summed E-state index contributed by atoms with van der Waals surface area (Å²) in [6.07, 6.45) is 0. The topological polar surface area (TPSA) is 47.9 Å². The predicted molar refractivity (Wildman–Crippen MR) is 79.9 cm³/mol. The second-order valence-electron chi connectivity index (χ2n) is 4.67. The van der Waals surface area contributed by atoms with Gasteiger partial charge in [0.25, 0.3) is 0 Å². The molecule has 5 heteroatoms. The molecule has 0 aliphatic carbocycles. The molecule has 0 aromatic heterocycles. The van der Waals surface area contributed by atoms with E-state index in [0.29, 0.717) is 5.96 Å². The lowest BCUT2D eigenvalue weighted by Crippen LogP contribution is -2.46. The second-order valence-corrected chi connectivity index (χ2v) is 4.67. The molecule has 0 spiro atoms. The summed E-state index contributed by atoms with van der Waals surface area (Å²) >= 11 is 0. The van der Waals surface area contributed by atoms with Gasteiger partial charge in [-0.3, -0.25) is 15.2 Å². The lowest BCUT2D eigenvalue weighted by atomic mass is 10.1. The summed E-state index contributed by atoms with van der Waals surface area (Å²) < 4.78 is 0. The van der Waals surface area contributed by atoms with Gasteiger partial charge < -0.3 is 4.90 Å². The molecule has 0 aliphatic heterocycles. The summed E-state index contributed by atoms with van der Waals surface area (Å²) in [5.41, 5.74) is 3.06. The van der Waals surface area contributed by atoms with Gasteiger partial charge in [-0.25, -0.2) is 4.79 Å². The zero-order chi connectivity index (χ0) is 14.6. The summed E-state index contributed by atoms with van der Waals surface area (Å²) in [5, 5.41) is 2.78. The summed E-state index contributed by atoms with van der Waals surface area (Å²) in [7, 11) is 7.07. The van der Waals surface area contributed by atoms with Crippen LogP contribution in [0.5, 0.6) is 0 Å². The van der Waals surface area contributed by atoms with Crippen LogP contribution in [0.1, 0.15) is 11.1 Å². The minimum Gasteiger partial charge on any atom is -0.349 e. The maximum Gasteiger partial charge on any atom is 0.328 e. The Morgan fingerprint density at radius 1 is 1.16 bits per heavy atom. The van der Waals surface area contributed by atoms with Crippen molar-refractivity contribution >= 4 is 17.7 Å². The number of nitrogens with zero attached hydrogens (tertiary/aromatic N) is 3. The third kappa shape index (κ3) is 3.47. The van der Waals surface area contributed by atoms with Crippen molar-refractivity contribution < 1.29 is 4.79 Å². The fourth-order valence-corrected chi connectivity index (χ4v) is 1.98. The van der Waals surface area contributed by atoms with Crippen LogP contribution in [0.3, 0.4) is 0 Å². The number of carbonyl (C=O) groups excluding carboxylic acids is 1. The number of hydrogen-bond acceptors (Lipinski definition) is 2. The third-order valence-electron chi connectivity index (χ3n) is 2.93.